The molecule has 0 unspecified atom stereocenters. The Labute approximate surface area is 130 Å². The third kappa shape index (κ3) is 3.11. The van der Waals surface area contributed by atoms with Crippen LogP contribution >= 0.6 is 0 Å². The summed E-state index contributed by atoms with van der Waals surface area (Å²) in [6.45, 7) is 7.54. The largest absolute Gasteiger partial charge is 0.486 e. The van der Waals surface area contributed by atoms with Gasteiger partial charge in [-0.3, -0.25) is 0 Å². The predicted molar refractivity (Wildman–Crippen MR) is 81.4 cm³/mol. The number of fused-ring (bicyclic) bond motifs is 1. The fourth-order valence-corrected chi connectivity index (χ4v) is 2.62. The van der Waals surface area contributed by atoms with E-state index in [1.807, 2.05) is 32.0 Å². The zero-order chi connectivity index (χ0) is 15.6. The number of carbonyl (C=O) groups excluding carboxylic acids is 1. The lowest BCUT2D eigenvalue weighted by molar-refractivity contribution is 0.0514. The van der Waals surface area contributed by atoms with Gasteiger partial charge in [-0.25, -0.2) is 4.79 Å². The van der Waals surface area contributed by atoms with Crippen molar-refractivity contribution < 1.29 is 19.0 Å². The maximum Gasteiger partial charge on any atom is 0.318 e. The molecule has 120 valence electrons. The number of nitrogens with zero attached hydrogens (tertiary/aromatic N) is 1. The third-order valence-corrected chi connectivity index (χ3v) is 3.98. The normalized spacial score (nSPS) is 18.0. The van der Waals surface area contributed by atoms with Crippen molar-refractivity contribution in [2.75, 3.05) is 39.5 Å². The summed E-state index contributed by atoms with van der Waals surface area (Å²) < 4.78 is 16.4. The van der Waals surface area contributed by atoms with Gasteiger partial charge in [-0.2, -0.15) is 0 Å². The van der Waals surface area contributed by atoms with Crippen LogP contribution in [0.3, 0.4) is 0 Å². The second kappa shape index (κ2) is 6.04. The van der Waals surface area contributed by atoms with Crippen LogP contribution in [0.5, 0.6) is 11.5 Å². The number of amides is 2. The summed E-state index contributed by atoms with van der Waals surface area (Å²) in [6, 6.07) is 5.73. The molecular weight excluding hydrogens is 284 g/mol. The lowest BCUT2D eigenvalue weighted by Gasteiger charge is -2.33. The number of carbonyl (C=O) groups is 1. The summed E-state index contributed by atoms with van der Waals surface area (Å²) in [6.07, 6.45) is 0. The van der Waals surface area contributed by atoms with E-state index in [1.165, 1.54) is 0 Å². The lowest BCUT2D eigenvalue weighted by Crippen LogP contribution is -2.51. The van der Waals surface area contributed by atoms with Crippen molar-refractivity contribution in [3.05, 3.63) is 23.8 Å². The summed E-state index contributed by atoms with van der Waals surface area (Å²) >= 11 is 0. The topological polar surface area (TPSA) is 60.0 Å². The number of hydrogen-bond donors (Lipinski definition) is 1. The van der Waals surface area contributed by atoms with Crippen LogP contribution < -0.4 is 14.8 Å². The predicted octanol–water partition coefficient (Wildman–Crippen LogP) is 1.73. The number of rotatable bonds is 2. The second-order valence-corrected chi connectivity index (χ2v) is 6.01. The van der Waals surface area contributed by atoms with E-state index in [9.17, 15) is 4.79 Å². The molecule has 1 N–H and O–H groups in total. The molecule has 2 amide bonds. The molecular formula is C16H22N2O4. The van der Waals surface area contributed by atoms with Crippen molar-refractivity contribution >= 4 is 6.03 Å². The summed E-state index contributed by atoms with van der Waals surface area (Å²) in [4.78, 5) is 14.2. The fraction of sp³-hybridized carbons (Fsp3) is 0.562. The minimum atomic E-state index is -0.495. The van der Waals surface area contributed by atoms with E-state index in [0.717, 1.165) is 17.1 Å². The van der Waals surface area contributed by atoms with Crippen molar-refractivity contribution in [1.82, 2.24) is 10.2 Å². The van der Waals surface area contributed by atoms with Crippen molar-refractivity contribution in [1.29, 1.82) is 0 Å². The van der Waals surface area contributed by atoms with E-state index in [1.54, 1.807) is 4.90 Å². The van der Waals surface area contributed by atoms with E-state index >= 15 is 0 Å². The summed E-state index contributed by atoms with van der Waals surface area (Å²) in [5, 5.41) is 3.08. The van der Waals surface area contributed by atoms with Gasteiger partial charge in [-0.05, 0) is 31.5 Å². The molecule has 1 fully saturated rings. The van der Waals surface area contributed by atoms with Crippen molar-refractivity contribution in [2.45, 2.75) is 19.4 Å². The minimum Gasteiger partial charge on any atom is -0.486 e. The summed E-state index contributed by atoms with van der Waals surface area (Å²) in [7, 11) is 0. The first-order valence-corrected chi connectivity index (χ1v) is 7.61. The number of ether oxygens (including phenoxy) is 3. The molecule has 22 heavy (non-hydrogen) atoms. The standard InChI is InChI=1S/C16H22N2O4/c1-16(2,17-15(19)18-5-7-20-8-6-18)12-3-4-13-14(11-12)22-10-9-21-13/h3-4,11H,5-10H2,1-2H3,(H,17,19). The van der Waals surface area contributed by atoms with E-state index in [2.05, 4.69) is 5.32 Å². The third-order valence-electron chi connectivity index (χ3n) is 3.98. The van der Waals surface area contributed by atoms with Crippen LogP contribution in [0.2, 0.25) is 0 Å². The van der Waals surface area contributed by atoms with Crippen LogP contribution in [0.1, 0.15) is 19.4 Å². The average Bonchev–Trinajstić information content (AvgIpc) is 2.55. The molecule has 1 aromatic rings. The minimum absolute atomic E-state index is 0.0665. The monoisotopic (exact) mass is 306 g/mol. The van der Waals surface area contributed by atoms with Gasteiger partial charge in [0.1, 0.15) is 13.2 Å². The Hall–Kier alpha value is -1.95. The number of nitrogens with one attached hydrogen (secondary N) is 1. The first-order chi connectivity index (χ1) is 10.6. The molecule has 0 spiro atoms. The van der Waals surface area contributed by atoms with Gasteiger partial charge in [-0.15, -0.1) is 0 Å². The molecule has 0 atom stereocenters. The summed E-state index contributed by atoms with van der Waals surface area (Å²) in [5.41, 5.74) is 0.490. The Morgan fingerprint density at radius 2 is 1.77 bits per heavy atom. The Bertz CT molecular complexity index is 553. The van der Waals surface area contributed by atoms with Gasteiger partial charge in [0, 0.05) is 13.1 Å². The van der Waals surface area contributed by atoms with Gasteiger partial charge in [-0.1, -0.05) is 6.07 Å². The van der Waals surface area contributed by atoms with Gasteiger partial charge in [0.15, 0.2) is 11.5 Å². The molecule has 0 aromatic heterocycles. The van der Waals surface area contributed by atoms with Gasteiger partial charge in [0.05, 0.1) is 18.8 Å². The van der Waals surface area contributed by atoms with Crippen molar-refractivity contribution in [2.24, 2.45) is 0 Å². The number of urea groups is 1. The maximum atomic E-state index is 12.4. The Morgan fingerprint density at radius 1 is 1.09 bits per heavy atom. The highest BCUT2D eigenvalue weighted by Crippen LogP contribution is 2.34. The fourth-order valence-electron chi connectivity index (χ4n) is 2.62. The Kier molecular flexibility index (Phi) is 4.11. The molecule has 2 aliphatic heterocycles. The van der Waals surface area contributed by atoms with Crippen LogP contribution in [-0.2, 0) is 10.3 Å². The van der Waals surface area contributed by atoms with E-state index < -0.39 is 5.54 Å². The molecule has 6 nitrogen and oxygen atoms in total. The molecule has 0 saturated carbocycles. The molecule has 1 aromatic carbocycles. The van der Waals surface area contributed by atoms with Crippen LogP contribution in [0.15, 0.2) is 18.2 Å². The second-order valence-electron chi connectivity index (χ2n) is 6.01. The van der Waals surface area contributed by atoms with Crippen molar-refractivity contribution in [3.8, 4) is 11.5 Å². The van der Waals surface area contributed by atoms with Gasteiger partial charge in [0.25, 0.3) is 0 Å². The zero-order valence-corrected chi connectivity index (χ0v) is 13.1. The maximum absolute atomic E-state index is 12.4. The number of benzene rings is 1. The van der Waals surface area contributed by atoms with E-state index in [4.69, 9.17) is 14.2 Å². The zero-order valence-electron chi connectivity index (χ0n) is 13.1. The quantitative estimate of drug-likeness (QED) is 0.904. The molecule has 2 aliphatic rings. The molecule has 0 aliphatic carbocycles. The van der Waals surface area contributed by atoms with Crippen LogP contribution in [-0.4, -0.2) is 50.4 Å². The van der Waals surface area contributed by atoms with E-state index in [-0.39, 0.29) is 6.03 Å². The highest BCUT2D eigenvalue weighted by Gasteiger charge is 2.28. The Morgan fingerprint density at radius 3 is 2.50 bits per heavy atom. The van der Waals surface area contributed by atoms with Crippen LogP contribution in [0.25, 0.3) is 0 Å². The van der Waals surface area contributed by atoms with Crippen molar-refractivity contribution in [3.63, 3.8) is 0 Å². The van der Waals surface area contributed by atoms with Gasteiger partial charge < -0.3 is 24.4 Å². The lowest BCUT2D eigenvalue weighted by atomic mass is 9.94. The smallest absolute Gasteiger partial charge is 0.318 e. The van der Waals surface area contributed by atoms with Gasteiger partial charge >= 0.3 is 6.03 Å². The molecule has 6 heteroatoms. The SMILES string of the molecule is CC(C)(NC(=O)N1CCOCC1)c1ccc2c(c1)OCCO2. The van der Waals surface area contributed by atoms with Gasteiger partial charge in [0.2, 0.25) is 0 Å². The van der Waals surface area contributed by atoms with Crippen LogP contribution in [0.4, 0.5) is 4.79 Å². The highest BCUT2D eigenvalue weighted by atomic mass is 16.6. The number of morpholine rings is 1. The average molecular weight is 306 g/mol. The molecule has 0 radical (unpaired) electrons. The molecule has 0 bridgehead atoms. The Balaban J connectivity index is 1.72. The molecule has 1 saturated heterocycles. The van der Waals surface area contributed by atoms with Crippen LogP contribution in [0, 0.1) is 0 Å². The van der Waals surface area contributed by atoms with E-state index in [0.29, 0.717) is 39.5 Å². The summed E-state index contributed by atoms with van der Waals surface area (Å²) in [5.74, 6) is 1.49. The first-order valence-electron chi connectivity index (χ1n) is 7.61. The first kappa shape index (κ1) is 15.0. The molecule has 2 heterocycles. The molecule has 3 rings (SSSR count). The number of hydrogen-bond acceptors (Lipinski definition) is 4. The highest BCUT2D eigenvalue weighted by molar-refractivity contribution is 5.75.